The maximum absolute atomic E-state index is 12.8. The van der Waals surface area contributed by atoms with E-state index in [2.05, 4.69) is 15.7 Å². The van der Waals surface area contributed by atoms with Crippen LogP contribution >= 0.6 is 0 Å². The van der Waals surface area contributed by atoms with Gasteiger partial charge in [-0.05, 0) is 69.8 Å². The van der Waals surface area contributed by atoms with E-state index < -0.39 is 0 Å². The highest BCUT2D eigenvalue weighted by Gasteiger charge is 2.57. The summed E-state index contributed by atoms with van der Waals surface area (Å²) in [4.78, 5) is 12.8. The number of hydrogen-bond acceptors (Lipinski definition) is 3. The van der Waals surface area contributed by atoms with E-state index in [4.69, 9.17) is 0 Å². The van der Waals surface area contributed by atoms with Crippen molar-refractivity contribution in [3.05, 3.63) is 41.7 Å². The number of aryl methyl sites for hydroxylation is 2. The number of carbonyl (C=O) groups excluding carboxylic acids is 1. The molecule has 24 heavy (non-hydrogen) atoms. The van der Waals surface area contributed by atoms with Crippen molar-refractivity contribution >= 4 is 11.6 Å². The van der Waals surface area contributed by atoms with Gasteiger partial charge in [0, 0.05) is 11.6 Å². The standard InChI is InChI=1S/C19H24N4O/c1-13-11-14(2)23(22-13)17-6-4-3-5-16(17)21-18(24)15-12-19(15)7-9-20-10-8-19/h3-6,11,15,20H,7-10,12H2,1-2H3,(H,21,24). The van der Waals surface area contributed by atoms with Gasteiger partial charge in [0.25, 0.3) is 0 Å². The molecule has 1 aliphatic heterocycles. The second-order valence-electron chi connectivity index (χ2n) is 7.21. The summed E-state index contributed by atoms with van der Waals surface area (Å²) in [7, 11) is 0. The number of para-hydroxylation sites is 2. The van der Waals surface area contributed by atoms with E-state index in [9.17, 15) is 4.79 Å². The van der Waals surface area contributed by atoms with E-state index >= 15 is 0 Å². The highest BCUT2D eigenvalue weighted by molar-refractivity contribution is 5.96. The molecule has 1 unspecified atom stereocenters. The first-order valence-corrected chi connectivity index (χ1v) is 8.73. The Morgan fingerprint density at radius 2 is 2.04 bits per heavy atom. The number of piperidine rings is 1. The van der Waals surface area contributed by atoms with Gasteiger partial charge in [0.05, 0.1) is 17.1 Å². The lowest BCUT2D eigenvalue weighted by Gasteiger charge is -2.23. The van der Waals surface area contributed by atoms with E-state index in [0.29, 0.717) is 0 Å². The number of hydrogen-bond donors (Lipinski definition) is 2. The molecule has 1 atom stereocenters. The van der Waals surface area contributed by atoms with Gasteiger partial charge in [-0.1, -0.05) is 12.1 Å². The summed E-state index contributed by atoms with van der Waals surface area (Å²) in [6.45, 7) is 6.08. The van der Waals surface area contributed by atoms with Crippen LogP contribution in [0.1, 0.15) is 30.7 Å². The molecular formula is C19H24N4O. The lowest BCUT2D eigenvalue weighted by atomic mass is 9.92. The van der Waals surface area contributed by atoms with Crippen LogP contribution in [0.4, 0.5) is 5.69 Å². The van der Waals surface area contributed by atoms with Crippen LogP contribution in [0.15, 0.2) is 30.3 Å². The fraction of sp³-hybridized carbons (Fsp3) is 0.474. The molecule has 2 aromatic rings. The van der Waals surface area contributed by atoms with Gasteiger partial charge in [-0.3, -0.25) is 4.79 Å². The van der Waals surface area contributed by atoms with Gasteiger partial charge >= 0.3 is 0 Å². The first kappa shape index (κ1) is 15.4. The van der Waals surface area contributed by atoms with E-state index in [-0.39, 0.29) is 17.2 Å². The Hall–Kier alpha value is -2.14. The van der Waals surface area contributed by atoms with Crippen molar-refractivity contribution in [1.29, 1.82) is 0 Å². The number of benzene rings is 1. The number of nitrogens with one attached hydrogen (secondary N) is 2. The molecule has 1 aromatic carbocycles. The number of carbonyl (C=O) groups is 1. The molecule has 2 aliphatic rings. The smallest absolute Gasteiger partial charge is 0.228 e. The maximum atomic E-state index is 12.8. The molecule has 2 fully saturated rings. The molecule has 2 N–H and O–H groups in total. The molecule has 1 saturated carbocycles. The van der Waals surface area contributed by atoms with Crippen LogP contribution in [0.3, 0.4) is 0 Å². The van der Waals surface area contributed by atoms with Crippen LogP contribution in [-0.2, 0) is 4.79 Å². The molecule has 0 radical (unpaired) electrons. The summed E-state index contributed by atoms with van der Waals surface area (Å²) in [5, 5.41) is 11.1. The third-order valence-corrected chi connectivity index (χ3v) is 5.51. The topological polar surface area (TPSA) is 59.0 Å². The Morgan fingerprint density at radius 1 is 1.29 bits per heavy atom. The van der Waals surface area contributed by atoms with Crippen molar-refractivity contribution < 1.29 is 4.79 Å². The number of aromatic nitrogens is 2. The van der Waals surface area contributed by atoms with Gasteiger partial charge < -0.3 is 10.6 Å². The monoisotopic (exact) mass is 324 g/mol. The predicted octanol–water partition coefficient (Wildman–Crippen LogP) is 2.82. The minimum Gasteiger partial charge on any atom is -0.324 e. The van der Waals surface area contributed by atoms with Crippen LogP contribution in [0.5, 0.6) is 0 Å². The van der Waals surface area contributed by atoms with E-state index in [1.165, 1.54) is 0 Å². The maximum Gasteiger partial charge on any atom is 0.228 e. The second kappa shape index (κ2) is 5.74. The average molecular weight is 324 g/mol. The summed E-state index contributed by atoms with van der Waals surface area (Å²) < 4.78 is 1.90. The molecular weight excluding hydrogens is 300 g/mol. The van der Waals surface area contributed by atoms with Crippen LogP contribution < -0.4 is 10.6 Å². The highest BCUT2D eigenvalue weighted by atomic mass is 16.2. The molecule has 1 saturated heterocycles. The fourth-order valence-electron chi connectivity index (χ4n) is 4.05. The van der Waals surface area contributed by atoms with E-state index in [1.54, 1.807) is 0 Å². The van der Waals surface area contributed by atoms with Gasteiger partial charge in [0.1, 0.15) is 0 Å². The molecule has 1 aromatic heterocycles. The van der Waals surface area contributed by atoms with Crippen molar-refractivity contribution in [3.63, 3.8) is 0 Å². The quantitative estimate of drug-likeness (QED) is 0.913. The van der Waals surface area contributed by atoms with Crippen molar-refractivity contribution in [2.45, 2.75) is 33.1 Å². The Morgan fingerprint density at radius 3 is 2.75 bits per heavy atom. The zero-order chi connectivity index (χ0) is 16.7. The molecule has 5 nitrogen and oxygen atoms in total. The first-order valence-electron chi connectivity index (χ1n) is 8.73. The van der Waals surface area contributed by atoms with Gasteiger partial charge in [-0.25, -0.2) is 4.68 Å². The van der Waals surface area contributed by atoms with Crippen LogP contribution in [0.2, 0.25) is 0 Å². The molecule has 1 aliphatic carbocycles. The Bertz CT molecular complexity index is 773. The minimum absolute atomic E-state index is 0.158. The molecule has 4 rings (SSSR count). The molecule has 126 valence electrons. The summed E-state index contributed by atoms with van der Waals surface area (Å²) in [6.07, 6.45) is 3.26. The fourth-order valence-corrected chi connectivity index (χ4v) is 4.05. The minimum atomic E-state index is 0.158. The molecule has 5 heteroatoms. The summed E-state index contributed by atoms with van der Waals surface area (Å²) in [5.74, 6) is 0.319. The van der Waals surface area contributed by atoms with Gasteiger partial charge in [0.15, 0.2) is 0 Å². The second-order valence-corrected chi connectivity index (χ2v) is 7.21. The van der Waals surface area contributed by atoms with Crippen molar-refractivity contribution in [2.24, 2.45) is 11.3 Å². The van der Waals surface area contributed by atoms with Crippen LogP contribution in [0, 0.1) is 25.2 Å². The van der Waals surface area contributed by atoms with Gasteiger partial charge in [0.2, 0.25) is 5.91 Å². The number of amides is 1. The summed E-state index contributed by atoms with van der Waals surface area (Å²) >= 11 is 0. The molecule has 0 bridgehead atoms. The zero-order valence-corrected chi connectivity index (χ0v) is 14.3. The largest absolute Gasteiger partial charge is 0.324 e. The number of rotatable bonds is 3. The summed E-state index contributed by atoms with van der Waals surface area (Å²) in [5.41, 5.74) is 4.06. The molecule has 1 amide bonds. The first-order chi connectivity index (χ1) is 11.6. The number of nitrogens with zero attached hydrogens (tertiary/aromatic N) is 2. The third kappa shape index (κ3) is 2.63. The normalized spacial score (nSPS) is 21.7. The SMILES string of the molecule is Cc1cc(C)n(-c2ccccc2NC(=O)C2CC23CCNCC3)n1. The lowest BCUT2D eigenvalue weighted by molar-refractivity contribution is -0.118. The highest BCUT2D eigenvalue weighted by Crippen LogP contribution is 2.58. The van der Waals surface area contributed by atoms with E-state index in [1.807, 2.05) is 48.9 Å². The summed E-state index contributed by atoms with van der Waals surface area (Å²) in [6, 6.07) is 9.94. The van der Waals surface area contributed by atoms with Gasteiger partial charge in [-0.2, -0.15) is 5.10 Å². The Labute approximate surface area is 142 Å². The van der Waals surface area contributed by atoms with Crippen molar-refractivity contribution in [2.75, 3.05) is 18.4 Å². The Kier molecular flexibility index (Phi) is 3.68. The molecule has 1 spiro atoms. The third-order valence-electron chi connectivity index (χ3n) is 5.51. The zero-order valence-electron chi connectivity index (χ0n) is 14.3. The van der Waals surface area contributed by atoms with Gasteiger partial charge in [-0.15, -0.1) is 0 Å². The Balaban J connectivity index is 1.55. The molecule has 2 heterocycles. The van der Waals surface area contributed by atoms with Crippen LogP contribution in [-0.4, -0.2) is 28.8 Å². The predicted molar refractivity (Wildman–Crippen MR) is 94.3 cm³/mol. The van der Waals surface area contributed by atoms with E-state index in [0.717, 1.165) is 55.1 Å². The van der Waals surface area contributed by atoms with Crippen molar-refractivity contribution in [1.82, 2.24) is 15.1 Å². The number of anilines is 1. The van der Waals surface area contributed by atoms with Crippen molar-refractivity contribution in [3.8, 4) is 5.69 Å². The lowest BCUT2D eigenvalue weighted by Crippen LogP contribution is -2.31. The average Bonchev–Trinajstić information content (AvgIpc) is 3.15. The van der Waals surface area contributed by atoms with Crippen LogP contribution in [0.25, 0.3) is 5.69 Å².